The van der Waals surface area contributed by atoms with Crippen LogP contribution in [0.5, 0.6) is 0 Å². The smallest absolute Gasteiger partial charge is 0.219 e. The van der Waals surface area contributed by atoms with E-state index in [9.17, 15) is 4.79 Å². The van der Waals surface area contributed by atoms with E-state index >= 15 is 0 Å². The molecular weight excluding hydrogens is 278 g/mol. The molecule has 0 bridgehead atoms. The van der Waals surface area contributed by atoms with E-state index < -0.39 is 0 Å². The number of halogens is 1. The first-order valence-electron chi connectivity index (χ1n) is 6.14. The molecule has 0 radical (unpaired) electrons. The lowest BCUT2D eigenvalue weighted by atomic mass is 9.89. The molecule has 0 saturated heterocycles. The van der Waals surface area contributed by atoms with Crippen molar-refractivity contribution < 1.29 is 4.79 Å². The van der Waals surface area contributed by atoms with Crippen LogP contribution in [0.25, 0.3) is 0 Å². The van der Waals surface area contributed by atoms with Gasteiger partial charge in [-0.2, -0.15) is 0 Å². The number of hydrogen-bond acceptors (Lipinski definition) is 1. The minimum Gasteiger partial charge on any atom is -0.353 e. The fourth-order valence-corrected chi connectivity index (χ4v) is 2.63. The van der Waals surface area contributed by atoms with Gasteiger partial charge in [0.25, 0.3) is 0 Å². The Morgan fingerprint density at radius 1 is 1.41 bits per heavy atom. The van der Waals surface area contributed by atoms with Gasteiger partial charge in [-0.25, -0.2) is 0 Å². The van der Waals surface area contributed by atoms with Crippen molar-refractivity contribution in [2.45, 2.75) is 44.6 Å². The van der Waals surface area contributed by atoms with Gasteiger partial charge in [0.05, 0.1) is 0 Å². The van der Waals surface area contributed by atoms with Crippen LogP contribution < -0.4 is 5.32 Å². The van der Waals surface area contributed by atoms with Gasteiger partial charge < -0.3 is 5.32 Å². The number of hydrogen-bond donors (Lipinski definition) is 1. The van der Waals surface area contributed by atoms with Crippen molar-refractivity contribution in [2.75, 3.05) is 0 Å². The third kappa shape index (κ3) is 2.54. The molecule has 17 heavy (non-hydrogen) atoms. The molecule has 1 saturated carbocycles. The molecule has 1 aromatic rings. The summed E-state index contributed by atoms with van der Waals surface area (Å²) >= 11 is 3.45. The van der Waals surface area contributed by atoms with Gasteiger partial charge in [0.1, 0.15) is 0 Å². The number of carbonyl (C=O) groups excluding carboxylic acids is 1. The molecule has 1 N–H and O–H groups in total. The quantitative estimate of drug-likeness (QED) is 0.906. The van der Waals surface area contributed by atoms with Crippen LogP contribution in [0.1, 0.15) is 38.7 Å². The molecule has 1 amide bonds. The lowest BCUT2D eigenvalue weighted by Crippen LogP contribution is -2.40. The van der Waals surface area contributed by atoms with Gasteiger partial charge in [0.15, 0.2) is 0 Å². The summed E-state index contributed by atoms with van der Waals surface area (Å²) in [6.07, 6.45) is 2.89. The predicted molar refractivity (Wildman–Crippen MR) is 72.9 cm³/mol. The van der Waals surface area contributed by atoms with Crippen LogP contribution in [0.4, 0.5) is 0 Å². The van der Waals surface area contributed by atoms with E-state index in [2.05, 4.69) is 52.4 Å². The molecule has 1 aliphatic carbocycles. The fraction of sp³-hybridized carbons (Fsp3) is 0.500. The molecule has 2 rings (SSSR count). The first kappa shape index (κ1) is 12.6. The zero-order valence-electron chi connectivity index (χ0n) is 10.3. The van der Waals surface area contributed by atoms with Crippen molar-refractivity contribution in [1.82, 2.24) is 5.32 Å². The summed E-state index contributed by atoms with van der Waals surface area (Å²) < 4.78 is 1.10. The number of rotatable bonds is 4. The highest BCUT2D eigenvalue weighted by molar-refractivity contribution is 9.10. The highest BCUT2D eigenvalue weighted by Gasteiger charge is 2.49. The van der Waals surface area contributed by atoms with Gasteiger partial charge in [-0.3, -0.25) is 4.79 Å². The standard InChI is InChI=1S/C14H18BrNO/c1-3-13(17)16-10(2)14(8-9-14)11-4-6-12(15)7-5-11/h4-7,10H,3,8-9H2,1-2H3,(H,16,17). The Labute approximate surface area is 111 Å². The van der Waals surface area contributed by atoms with Crippen molar-refractivity contribution in [1.29, 1.82) is 0 Å². The van der Waals surface area contributed by atoms with Gasteiger partial charge in [-0.15, -0.1) is 0 Å². The van der Waals surface area contributed by atoms with Crippen LogP contribution in [0.2, 0.25) is 0 Å². The van der Waals surface area contributed by atoms with E-state index in [0.29, 0.717) is 6.42 Å². The van der Waals surface area contributed by atoms with Gasteiger partial charge in [0.2, 0.25) is 5.91 Å². The molecule has 0 aromatic heterocycles. The average molecular weight is 296 g/mol. The summed E-state index contributed by atoms with van der Waals surface area (Å²) in [7, 11) is 0. The average Bonchev–Trinajstić information content (AvgIpc) is 3.11. The summed E-state index contributed by atoms with van der Waals surface area (Å²) in [5.41, 5.74) is 1.51. The van der Waals surface area contributed by atoms with E-state index in [1.807, 2.05) is 6.92 Å². The highest BCUT2D eigenvalue weighted by Crippen LogP contribution is 2.51. The summed E-state index contributed by atoms with van der Waals surface area (Å²) in [5, 5.41) is 3.09. The number of benzene rings is 1. The molecule has 92 valence electrons. The van der Waals surface area contributed by atoms with Crippen molar-refractivity contribution in [2.24, 2.45) is 0 Å². The molecule has 1 aliphatic rings. The normalized spacial score (nSPS) is 18.5. The van der Waals surface area contributed by atoms with Gasteiger partial charge in [-0.05, 0) is 37.5 Å². The Morgan fingerprint density at radius 2 is 2.00 bits per heavy atom. The Kier molecular flexibility index (Phi) is 3.57. The zero-order valence-corrected chi connectivity index (χ0v) is 11.9. The summed E-state index contributed by atoms with van der Waals surface area (Å²) in [6.45, 7) is 4.00. The van der Waals surface area contributed by atoms with E-state index in [1.54, 1.807) is 0 Å². The van der Waals surface area contributed by atoms with Crippen LogP contribution >= 0.6 is 15.9 Å². The first-order valence-corrected chi connectivity index (χ1v) is 6.93. The summed E-state index contributed by atoms with van der Waals surface area (Å²) in [5.74, 6) is 0.140. The molecule has 0 heterocycles. The van der Waals surface area contributed by atoms with Crippen LogP contribution in [0, 0.1) is 0 Å². The molecule has 1 fully saturated rings. The maximum Gasteiger partial charge on any atom is 0.219 e. The monoisotopic (exact) mass is 295 g/mol. The Morgan fingerprint density at radius 3 is 2.47 bits per heavy atom. The molecule has 3 heteroatoms. The van der Waals surface area contributed by atoms with Crippen molar-refractivity contribution in [3.63, 3.8) is 0 Å². The van der Waals surface area contributed by atoms with Crippen LogP contribution in [0.15, 0.2) is 28.7 Å². The molecule has 1 unspecified atom stereocenters. The zero-order chi connectivity index (χ0) is 12.5. The number of amides is 1. The van der Waals surface area contributed by atoms with Gasteiger partial charge in [-0.1, -0.05) is 35.0 Å². The molecule has 2 nitrogen and oxygen atoms in total. The van der Waals surface area contributed by atoms with E-state index in [1.165, 1.54) is 18.4 Å². The second-order valence-electron chi connectivity index (χ2n) is 4.81. The third-order valence-electron chi connectivity index (χ3n) is 3.74. The second-order valence-corrected chi connectivity index (χ2v) is 5.72. The first-order chi connectivity index (χ1) is 8.08. The third-order valence-corrected chi connectivity index (χ3v) is 4.26. The number of nitrogens with one attached hydrogen (secondary N) is 1. The molecular formula is C14H18BrNO. The lowest BCUT2D eigenvalue weighted by molar-refractivity contribution is -0.121. The topological polar surface area (TPSA) is 29.1 Å². The van der Waals surface area contributed by atoms with E-state index in [4.69, 9.17) is 0 Å². The predicted octanol–water partition coefficient (Wildman–Crippen LogP) is 3.40. The Hall–Kier alpha value is -0.830. The summed E-state index contributed by atoms with van der Waals surface area (Å²) in [6, 6.07) is 8.68. The molecule has 0 spiro atoms. The minimum absolute atomic E-state index is 0.140. The molecule has 1 atom stereocenters. The number of carbonyl (C=O) groups is 1. The van der Waals surface area contributed by atoms with Gasteiger partial charge in [0, 0.05) is 22.4 Å². The van der Waals surface area contributed by atoms with Crippen molar-refractivity contribution in [3.05, 3.63) is 34.3 Å². The Balaban J connectivity index is 2.13. The van der Waals surface area contributed by atoms with Crippen molar-refractivity contribution >= 4 is 21.8 Å². The van der Waals surface area contributed by atoms with E-state index in [0.717, 1.165) is 4.47 Å². The molecule has 1 aromatic carbocycles. The molecule has 0 aliphatic heterocycles. The second kappa shape index (κ2) is 4.81. The van der Waals surface area contributed by atoms with Crippen LogP contribution in [0.3, 0.4) is 0 Å². The van der Waals surface area contributed by atoms with Crippen LogP contribution in [-0.2, 0) is 10.2 Å². The maximum absolute atomic E-state index is 11.5. The summed E-state index contributed by atoms with van der Waals surface area (Å²) in [4.78, 5) is 11.5. The fourth-order valence-electron chi connectivity index (χ4n) is 2.37. The van der Waals surface area contributed by atoms with Crippen molar-refractivity contribution in [3.8, 4) is 0 Å². The SMILES string of the molecule is CCC(=O)NC(C)C1(c2ccc(Br)cc2)CC1. The Bertz CT molecular complexity index is 409. The highest BCUT2D eigenvalue weighted by atomic mass is 79.9. The van der Waals surface area contributed by atoms with Gasteiger partial charge >= 0.3 is 0 Å². The lowest BCUT2D eigenvalue weighted by Gasteiger charge is -2.25. The van der Waals surface area contributed by atoms with Crippen LogP contribution in [-0.4, -0.2) is 11.9 Å². The van der Waals surface area contributed by atoms with E-state index in [-0.39, 0.29) is 17.4 Å². The maximum atomic E-state index is 11.5. The largest absolute Gasteiger partial charge is 0.353 e. The minimum atomic E-state index is 0.140.